The number of fused-ring (bicyclic) bond motifs is 1. The average Bonchev–Trinajstić information content (AvgIpc) is 3.53. The van der Waals surface area contributed by atoms with Crippen LogP contribution in [0.1, 0.15) is 96.5 Å². The summed E-state index contributed by atoms with van der Waals surface area (Å²) in [6, 6.07) is 5.52. The van der Waals surface area contributed by atoms with Gasteiger partial charge in [0.15, 0.2) is 0 Å². The first-order valence-corrected chi connectivity index (χ1v) is 23.9. The number of nitrogens with one attached hydrogen (secondary N) is 1. The van der Waals surface area contributed by atoms with Crippen LogP contribution < -0.4 is 20.9 Å². The number of likely N-dealkylation sites (N-methyl/N-ethyl adjacent to an activating group) is 1. The summed E-state index contributed by atoms with van der Waals surface area (Å²) >= 11 is 1.87. The molecule has 5 unspecified atom stereocenters. The molecule has 4 amide bonds. The molecule has 348 valence electrons. The summed E-state index contributed by atoms with van der Waals surface area (Å²) in [4.78, 5) is 78.5. The van der Waals surface area contributed by atoms with E-state index in [4.69, 9.17) is 4.99 Å². The van der Waals surface area contributed by atoms with Gasteiger partial charge in [-0.05, 0) is 119 Å². The van der Waals surface area contributed by atoms with E-state index >= 15 is 0 Å². The van der Waals surface area contributed by atoms with Gasteiger partial charge in [0, 0.05) is 103 Å². The number of unbranched alkanes of at least 4 members (excludes halogenated alkanes) is 1. The maximum absolute atomic E-state index is 13.3. The third kappa shape index (κ3) is 12.6. The van der Waals surface area contributed by atoms with Crippen LogP contribution in [0.15, 0.2) is 39.6 Å². The van der Waals surface area contributed by atoms with Crippen LogP contribution in [0.5, 0.6) is 0 Å². The van der Waals surface area contributed by atoms with Crippen molar-refractivity contribution in [1.29, 1.82) is 0 Å². The van der Waals surface area contributed by atoms with Crippen molar-refractivity contribution in [2.24, 2.45) is 38.9 Å². The summed E-state index contributed by atoms with van der Waals surface area (Å²) in [5.74, 6) is 2.10. The van der Waals surface area contributed by atoms with E-state index < -0.39 is 6.04 Å². The molecule has 5 aliphatic rings. The van der Waals surface area contributed by atoms with Gasteiger partial charge in [-0.15, -0.1) is 0 Å². The summed E-state index contributed by atoms with van der Waals surface area (Å²) in [6.45, 7) is 14.0. The van der Waals surface area contributed by atoms with E-state index in [1.807, 2.05) is 60.4 Å². The van der Waals surface area contributed by atoms with Crippen LogP contribution in [0.3, 0.4) is 0 Å². The molecule has 3 heterocycles. The van der Waals surface area contributed by atoms with Crippen molar-refractivity contribution < 1.29 is 24.0 Å². The maximum atomic E-state index is 13.3. The highest BCUT2D eigenvalue weighted by Crippen LogP contribution is 2.52. The van der Waals surface area contributed by atoms with Crippen molar-refractivity contribution in [1.82, 2.24) is 23.7 Å². The lowest BCUT2D eigenvalue weighted by Gasteiger charge is -2.32. The van der Waals surface area contributed by atoms with Crippen molar-refractivity contribution in [3.63, 3.8) is 0 Å². The molecule has 0 radical (unpaired) electrons. The van der Waals surface area contributed by atoms with Crippen molar-refractivity contribution in [3.05, 3.63) is 35.2 Å². The summed E-state index contributed by atoms with van der Waals surface area (Å²) in [7, 11) is 6.83. The van der Waals surface area contributed by atoms with Crippen LogP contribution in [-0.2, 0) is 30.4 Å². The first-order valence-electron chi connectivity index (χ1n) is 23.1. The molecule has 0 spiro atoms. The Labute approximate surface area is 380 Å². The first kappa shape index (κ1) is 49.9. The third-order valence-corrected chi connectivity index (χ3v) is 15.0. The molecule has 15 nitrogen and oxygen atoms in total. The normalized spacial score (nSPS) is 24.1. The monoisotopic (exact) mass is 891 g/mol. The van der Waals surface area contributed by atoms with E-state index in [2.05, 4.69) is 50.1 Å². The summed E-state index contributed by atoms with van der Waals surface area (Å²) < 4.78 is 4.98. The first-order chi connectivity index (χ1) is 30.4. The lowest BCUT2D eigenvalue weighted by atomic mass is 9.97. The number of carbonyl (C=O) groups excluding carboxylic acids is 5. The number of nitrogens with zero attached hydrogens (tertiary/aromatic N) is 8. The third-order valence-electron chi connectivity index (χ3n) is 13.9. The SMILES string of the molecule is C=N/C(=C(\C=NC1CCN(SN2CC3CN(C(=O)CCCCc4ccc(N(C=O)C(CCC=O)C(=O)NC)c(N(C)C)c4)CC3C2)CC1)C1(C)CC1)N(C=O)C1CCCC1C.CN. The summed E-state index contributed by atoms with van der Waals surface area (Å²) in [5, 5.41) is 2.61. The Balaban J connectivity index is 0.00000369. The minimum Gasteiger partial charge on any atom is -0.376 e. The van der Waals surface area contributed by atoms with E-state index in [-0.39, 0.29) is 42.2 Å². The molecule has 2 aliphatic carbocycles. The number of likely N-dealkylation sites (tertiary alicyclic amines) is 1. The molecule has 16 heteroatoms. The van der Waals surface area contributed by atoms with Gasteiger partial charge in [0.25, 0.3) is 0 Å². The number of aldehydes is 1. The number of allylic oxidation sites excluding steroid dienone is 1. The van der Waals surface area contributed by atoms with Gasteiger partial charge in [-0.1, -0.05) is 26.3 Å². The summed E-state index contributed by atoms with van der Waals surface area (Å²) in [6.07, 6.45) is 15.2. The zero-order valence-electron chi connectivity index (χ0n) is 38.8. The lowest BCUT2D eigenvalue weighted by Crippen LogP contribution is -2.46. The number of nitrogens with two attached hydrogens (primary N) is 1. The van der Waals surface area contributed by atoms with Crippen LogP contribution in [0.2, 0.25) is 0 Å². The second-order valence-electron chi connectivity index (χ2n) is 18.4. The second-order valence-corrected chi connectivity index (χ2v) is 19.6. The molecule has 0 aromatic heterocycles. The van der Waals surface area contributed by atoms with Crippen LogP contribution in [0.25, 0.3) is 0 Å². The number of hydrogen-bond donors (Lipinski definition) is 2. The second kappa shape index (κ2) is 23.7. The Hall–Kier alpha value is -4.12. The zero-order chi connectivity index (χ0) is 45.7. The topological polar surface area (TPSA) is 168 Å². The van der Waals surface area contributed by atoms with Gasteiger partial charge in [0.2, 0.25) is 24.6 Å². The number of piperidine rings is 1. The predicted molar refractivity (Wildman–Crippen MR) is 255 cm³/mol. The Morgan fingerprint density at radius 2 is 1.68 bits per heavy atom. The Morgan fingerprint density at radius 1 is 0.984 bits per heavy atom. The number of rotatable bonds is 22. The number of aliphatic imine (C=N–C) groups is 2. The van der Waals surface area contributed by atoms with Crippen molar-refractivity contribution >= 4 is 67.4 Å². The molecule has 2 saturated carbocycles. The van der Waals surface area contributed by atoms with E-state index in [9.17, 15) is 24.0 Å². The summed E-state index contributed by atoms with van der Waals surface area (Å²) in [5.41, 5.74) is 8.09. The van der Waals surface area contributed by atoms with Crippen LogP contribution in [0, 0.1) is 23.2 Å². The lowest BCUT2D eigenvalue weighted by molar-refractivity contribution is -0.130. The quantitative estimate of drug-likeness (QED) is 0.0705. The van der Waals surface area contributed by atoms with Crippen LogP contribution in [-0.4, -0.2) is 148 Å². The number of amides is 4. The number of carbonyl (C=O) groups is 5. The molecule has 3 saturated heterocycles. The highest BCUT2D eigenvalue weighted by Gasteiger charge is 2.45. The average molecular weight is 891 g/mol. The fourth-order valence-corrected chi connectivity index (χ4v) is 11.1. The number of benzene rings is 1. The molecule has 6 rings (SSSR count). The molecule has 3 N–H and O–H groups in total. The van der Waals surface area contributed by atoms with Gasteiger partial charge in [-0.25, -0.2) is 13.6 Å². The highest BCUT2D eigenvalue weighted by atomic mass is 32.2. The van der Waals surface area contributed by atoms with E-state index in [0.717, 1.165) is 133 Å². The predicted octanol–water partition coefficient (Wildman–Crippen LogP) is 4.94. The fraction of sp³-hybridized carbons (Fsp3) is 0.681. The standard InChI is InChI=1S/C46H69N9O5S.CH5N/c1-33-11-9-13-39(33)55(32-58)44(47-3)38(46(2)20-21-46)26-49-37-18-22-52(23-19-37)61-53-29-35-27-51(28-36(35)30-53)43(59)15-8-7-12-34-16-17-40(42(25-34)50(5)6)54(31-57)41(14-10-24-56)45(60)48-4;1-2/h16-17,24-26,31-33,35-37,39,41H,3,7-15,18-23,27-30H2,1-2,4-6H3,(H,48,60);2H2,1H3/b44-38-,49-26?;. The van der Waals surface area contributed by atoms with Crippen molar-refractivity contribution in [2.75, 3.05) is 77.3 Å². The fourth-order valence-electron chi connectivity index (χ4n) is 9.86. The van der Waals surface area contributed by atoms with Crippen LogP contribution >= 0.6 is 12.1 Å². The zero-order valence-corrected chi connectivity index (χ0v) is 39.6. The molecule has 1 aromatic rings. The number of aryl methyl sites for hydroxylation is 1. The van der Waals surface area contributed by atoms with E-state index in [1.54, 1.807) is 0 Å². The van der Waals surface area contributed by atoms with E-state index in [1.165, 1.54) is 19.0 Å². The molecule has 1 aromatic carbocycles. The van der Waals surface area contributed by atoms with E-state index in [0.29, 0.717) is 42.1 Å². The molecule has 0 bridgehead atoms. The van der Waals surface area contributed by atoms with Gasteiger partial charge in [0.05, 0.1) is 17.4 Å². The Kier molecular flexibility index (Phi) is 18.8. The molecule has 3 aliphatic heterocycles. The van der Waals surface area contributed by atoms with Gasteiger partial charge in [0.1, 0.15) is 18.1 Å². The molecular weight excluding hydrogens is 817 g/mol. The molecule has 5 fully saturated rings. The minimum atomic E-state index is -0.791. The maximum Gasteiger partial charge on any atom is 0.242 e. The smallest absolute Gasteiger partial charge is 0.242 e. The molecule has 5 atom stereocenters. The van der Waals surface area contributed by atoms with Gasteiger partial charge in [-0.3, -0.25) is 29.1 Å². The van der Waals surface area contributed by atoms with Gasteiger partial charge in [-0.2, -0.15) is 0 Å². The van der Waals surface area contributed by atoms with Crippen molar-refractivity contribution in [3.8, 4) is 0 Å². The minimum absolute atomic E-state index is 0.00423. The largest absolute Gasteiger partial charge is 0.376 e. The molecular formula is C47H74N10O5S. The van der Waals surface area contributed by atoms with Gasteiger partial charge >= 0.3 is 0 Å². The number of hydrogen-bond acceptors (Lipinski definition) is 12. The Morgan fingerprint density at radius 3 is 2.24 bits per heavy atom. The molecule has 63 heavy (non-hydrogen) atoms. The van der Waals surface area contributed by atoms with Gasteiger partial charge < -0.3 is 30.5 Å². The van der Waals surface area contributed by atoms with Crippen molar-refractivity contribution in [2.45, 2.75) is 115 Å². The number of anilines is 2. The Bertz CT molecular complexity index is 1780. The van der Waals surface area contributed by atoms with Crippen LogP contribution in [0.4, 0.5) is 11.4 Å². The highest BCUT2D eigenvalue weighted by molar-refractivity contribution is 7.94.